The minimum absolute atomic E-state index is 0.125. The van der Waals surface area contributed by atoms with E-state index in [1.54, 1.807) is 12.1 Å². The number of carbonyl (C=O) groups is 4. The third-order valence-corrected chi connectivity index (χ3v) is 6.41. The molecule has 3 atom stereocenters. The van der Waals surface area contributed by atoms with Crippen molar-refractivity contribution in [3.8, 4) is 0 Å². The molecule has 146 valence electrons. The number of piperidine rings is 2. The number of nitrogens with zero attached hydrogens (tertiary/aromatic N) is 2. The van der Waals surface area contributed by atoms with E-state index in [4.69, 9.17) is 0 Å². The summed E-state index contributed by atoms with van der Waals surface area (Å²) >= 11 is 0. The number of carbonyl (C=O) groups excluding carboxylic acids is 4. The molecule has 0 saturated carbocycles. The fraction of sp³-hybridized carbons (Fsp3) is 0.500. The average Bonchev–Trinajstić information content (AvgIpc) is 3.18. The lowest BCUT2D eigenvalue weighted by Gasteiger charge is -2.32. The second-order valence-electron chi connectivity index (χ2n) is 8.04. The first-order valence-electron chi connectivity index (χ1n) is 9.84. The van der Waals surface area contributed by atoms with Crippen LogP contribution in [0.5, 0.6) is 0 Å². The van der Waals surface area contributed by atoms with Crippen LogP contribution in [0.25, 0.3) is 0 Å². The molecule has 3 saturated heterocycles. The van der Waals surface area contributed by atoms with E-state index in [9.17, 15) is 19.2 Å². The number of amides is 4. The van der Waals surface area contributed by atoms with Crippen molar-refractivity contribution in [2.45, 2.75) is 50.4 Å². The van der Waals surface area contributed by atoms with Crippen LogP contribution in [0.2, 0.25) is 0 Å². The Morgan fingerprint density at radius 2 is 1.93 bits per heavy atom. The predicted molar refractivity (Wildman–Crippen MR) is 98.3 cm³/mol. The van der Waals surface area contributed by atoms with Crippen LogP contribution in [0.1, 0.15) is 52.0 Å². The van der Waals surface area contributed by atoms with Crippen molar-refractivity contribution < 1.29 is 19.2 Å². The standard InChI is InChI=1S/C20H22N4O4/c25-16-5-4-15(18(26)22-16)24-19(27)14-3-1-2-11(17(14)20(24)28)10-23-7-6-12-8-13(23)9-21-12/h1-3,12-13,15,21H,4-10H2,(H,22,25,26). The van der Waals surface area contributed by atoms with Gasteiger partial charge in [0.25, 0.3) is 11.8 Å². The molecule has 8 nitrogen and oxygen atoms in total. The van der Waals surface area contributed by atoms with Crippen LogP contribution in [0.15, 0.2) is 18.2 Å². The topological polar surface area (TPSA) is 98.8 Å². The Labute approximate surface area is 162 Å². The van der Waals surface area contributed by atoms with Crippen molar-refractivity contribution >= 4 is 23.6 Å². The summed E-state index contributed by atoms with van der Waals surface area (Å²) in [5, 5.41) is 5.75. The van der Waals surface area contributed by atoms with Crippen LogP contribution in [0.3, 0.4) is 0 Å². The molecule has 0 aromatic heterocycles. The minimum atomic E-state index is -0.923. The van der Waals surface area contributed by atoms with Gasteiger partial charge in [-0.15, -0.1) is 0 Å². The van der Waals surface area contributed by atoms with Gasteiger partial charge >= 0.3 is 0 Å². The summed E-state index contributed by atoms with van der Waals surface area (Å²) in [5.41, 5.74) is 1.59. The first-order valence-corrected chi connectivity index (χ1v) is 9.84. The second kappa shape index (κ2) is 6.49. The van der Waals surface area contributed by atoms with Gasteiger partial charge in [-0.3, -0.25) is 34.3 Å². The number of hydrogen-bond donors (Lipinski definition) is 2. The van der Waals surface area contributed by atoms with Crippen LogP contribution in [-0.4, -0.2) is 64.6 Å². The number of imide groups is 2. The van der Waals surface area contributed by atoms with Gasteiger partial charge in [0.2, 0.25) is 11.8 Å². The SMILES string of the molecule is O=C1CCC(N2C(=O)c3cccc(CN4CCC5CC4CN5)c3C2=O)C(=O)N1. The largest absolute Gasteiger partial charge is 0.312 e. The highest BCUT2D eigenvalue weighted by molar-refractivity contribution is 6.24. The third kappa shape index (κ3) is 2.67. The fourth-order valence-corrected chi connectivity index (χ4v) is 4.94. The highest BCUT2D eigenvalue weighted by Gasteiger charge is 2.45. The summed E-state index contributed by atoms with van der Waals surface area (Å²) in [5.74, 6) is -1.82. The summed E-state index contributed by atoms with van der Waals surface area (Å²) in [6.07, 6.45) is 2.50. The van der Waals surface area contributed by atoms with E-state index >= 15 is 0 Å². The number of nitrogens with one attached hydrogen (secondary N) is 2. The van der Waals surface area contributed by atoms with E-state index in [0.717, 1.165) is 36.4 Å². The lowest BCUT2D eigenvalue weighted by atomic mass is 9.98. The first kappa shape index (κ1) is 17.5. The van der Waals surface area contributed by atoms with Crippen molar-refractivity contribution in [2.75, 3.05) is 13.1 Å². The molecule has 4 amide bonds. The molecule has 0 aliphatic carbocycles. The Morgan fingerprint density at radius 3 is 2.75 bits per heavy atom. The van der Waals surface area contributed by atoms with Crippen molar-refractivity contribution in [1.29, 1.82) is 0 Å². The number of hydrogen-bond acceptors (Lipinski definition) is 6. The number of likely N-dealkylation sites (tertiary alicyclic amines) is 1. The van der Waals surface area contributed by atoms with Crippen molar-refractivity contribution in [1.82, 2.24) is 20.4 Å². The molecule has 2 bridgehead atoms. The molecule has 4 heterocycles. The number of benzene rings is 1. The van der Waals surface area contributed by atoms with Gasteiger partial charge in [0, 0.05) is 38.1 Å². The maximum absolute atomic E-state index is 13.2. The van der Waals surface area contributed by atoms with E-state index in [0.29, 0.717) is 29.8 Å². The lowest BCUT2D eigenvalue weighted by molar-refractivity contribution is -0.136. The average molecular weight is 382 g/mol. The van der Waals surface area contributed by atoms with Gasteiger partial charge in [-0.2, -0.15) is 0 Å². The highest BCUT2D eigenvalue weighted by atomic mass is 16.2. The quantitative estimate of drug-likeness (QED) is 0.716. The molecule has 0 radical (unpaired) electrons. The molecule has 4 aliphatic heterocycles. The van der Waals surface area contributed by atoms with E-state index in [2.05, 4.69) is 15.5 Å². The molecule has 4 aliphatic rings. The van der Waals surface area contributed by atoms with Gasteiger partial charge in [0.05, 0.1) is 11.1 Å². The fourth-order valence-electron chi connectivity index (χ4n) is 4.94. The van der Waals surface area contributed by atoms with Gasteiger partial charge in [0.15, 0.2) is 0 Å². The maximum atomic E-state index is 13.2. The number of rotatable bonds is 3. The lowest BCUT2D eigenvalue weighted by Crippen LogP contribution is -2.54. The molecule has 1 aromatic carbocycles. The molecule has 5 rings (SSSR count). The zero-order valence-electron chi connectivity index (χ0n) is 15.4. The Kier molecular flexibility index (Phi) is 4.06. The van der Waals surface area contributed by atoms with Crippen molar-refractivity contribution in [3.05, 3.63) is 34.9 Å². The van der Waals surface area contributed by atoms with Gasteiger partial charge < -0.3 is 5.32 Å². The number of fused-ring (bicyclic) bond motifs is 3. The minimum Gasteiger partial charge on any atom is -0.312 e. The smallest absolute Gasteiger partial charge is 0.262 e. The molecular formula is C20H22N4O4. The predicted octanol–water partition coefficient (Wildman–Crippen LogP) is 0.0240. The Balaban J connectivity index is 1.43. The second-order valence-corrected chi connectivity index (χ2v) is 8.04. The maximum Gasteiger partial charge on any atom is 0.262 e. The Hall–Kier alpha value is -2.58. The van der Waals surface area contributed by atoms with Crippen LogP contribution in [0.4, 0.5) is 0 Å². The zero-order chi connectivity index (χ0) is 19.4. The van der Waals surface area contributed by atoms with E-state index in [-0.39, 0.29) is 18.7 Å². The molecule has 0 spiro atoms. The molecule has 3 fully saturated rings. The van der Waals surface area contributed by atoms with E-state index in [1.165, 1.54) is 0 Å². The third-order valence-electron chi connectivity index (χ3n) is 6.41. The van der Waals surface area contributed by atoms with Crippen LogP contribution in [-0.2, 0) is 16.1 Å². The van der Waals surface area contributed by atoms with Crippen LogP contribution in [0, 0.1) is 0 Å². The molecule has 2 N–H and O–H groups in total. The van der Waals surface area contributed by atoms with Gasteiger partial charge in [-0.1, -0.05) is 12.1 Å². The van der Waals surface area contributed by atoms with Crippen molar-refractivity contribution in [2.24, 2.45) is 0 Å². The molecule has 28 heavy (non-hydrogen) atoms. The summed E-state index contributed by atoms with van der Waals surface area (Å²) in [6, 6.07) is 5.46. The van der Waals surface area contributed by atoms with Crippen LogP contribution >= 0.6 is 0 Å². The Bertz CT molecular complexity index is 898. The monoisotopic (exact) mass is 382 g/mol. The van der Waals surface area contributed by atoms with Crippen molar-refractivity contribution in [3.63, 3.8) is 0 Å². The normalized spacial score (nSPS) is 30.0. The zero-order valence-corrected chi connectivity index (χ0v) is 15.4. The summed E-state index contributed by atoms with van der Waals surface area (Å²) in [4.78, 5) is 53.2. The van der Waals surface area contributed by atoms with Gasteiger partial charge in [-0.25, -0.2) is 0 Å². The molecule has 3 unspecified atom stereocenters. The van der Waals surface area contributed by atoms with Crippen LogP contribution < -0.4 is 10.6 Å². The van der Waals surface area contributed by atoms with Gasteiger partial charge in [0.1, 0.15) is 6.04 Å². The van der Waals surface area contributed by atoms with E-state index < -0.39 is 23.8 Å². The summed E-state index contributed by atoms with van der Waals surface area (Å²) in [6.45, 7) is 2.53. The first-order chi connectivity index (χ1) is 13.5. The summed E-state index contributed by atoms with van der Waals surface area (Å²) < 4.78 is 0. The molecular weight excluding hydrogens is 360 g/mol. The van der Waals surface area contributed by atoms with E-state index in [1.807, 2.05) is 6.07 Å². The molecule has 8 heteroatoms. The summed E-state index contributed by atoms with van der Waals surface area (Å²) in [7, 11) is 0. The Morgan fingerprint density at radius 1 is 1.07 bits per heavy atom. The molecule has 1 aromatic rings. The van der Waals surface area contributed by atoms with Gasteiger partial charge in [-0.05, 0) is 30.9 Å². The highest BCUT2D eigenvalue weighted by Crippen LogP contribution is 2.32.